The van der Waals surface area contributed by atoms with Crippen LogP contribution in [0.2, 0.25) is 0 Å². The zero-order valence-corrected chi connectivity index (χ0v) is 9.83. The van der Waals surface area contributed by atoms with Crippen LogP contribution >= 0.6 is 11.6 Å². The van der Waals surface area contributed by atoms with Gasteiger partial charge >= 0.3 is 11.9 Å². The van der Waals surface area contributed by atoms with Crippen molar-refractivity contribution in [1.29, 1.82) is 0 Å². The molecule has 1 aromatic carbocycles. The lowest BCUT2D eigenvalue weighted by atomic mass is 9.97. The first-order valence-electron chi connectivity index (χ1n) is 4.91. The SMILES string of the molecule is O=C(O)c1ccc(C(O)C(O)CCl)c(C(=O)O)c1. The Morgan fingerprint density at radius 3 is 2.22 bits per heavy atom. The molecule has 0 saturated heterocycles. The standard InChI is InChI=1S/C11H11ClO6/c12-4-8(13)9(14)6-2-1-5(10(15)16)3-7(6)11(17)18/h1-3,8-9,13-14H,4H2,(H,15,16)(H,17,18). The summed E-state index contributed by atoms with van der Waals surface area (Å²) in [6.07, 6.45) is -2.82. The van der Waals surface area contributed by atoms with Gasteiger partial charge in [0.1, 0.15) is 6.10 Å². The summed E-state index contributed by atoms with van der Waals surface area (Å²) in [5.74, 6) is -2.95. The van der Waals surface area contributed by atoms with E-state index in [4.69, 9.17) is 21.8 Å². The molecule has 0 aliphatic carbocycles. The molecule has 0 aliphatic heterocycles. The molecule has 0 amide bonds. The van der Waals surface area contributed by atoms with Crippen LogP contribution in [0.3, 0.4) is 0 Å². The molecule has 2 unspecified atom stereocenters. The van der Waals surface area contributed by atoms with Crippen LogP contribution in [0.1, 0.15) is 32.4 Å². The van der Waals surface area contributed by atoms with Crippen molar-refractivity contribution in [3.8, 4) is 0 Å². The maximum absolute atomic E-state index is 11.0. The molecule has 0 fully saturated rings. The van der Waals surface area contributed by atoms with Crippen molar-refractivity contribution in [2.45, 2.75) is 12.2 Å². The summed E-state index contributed by atoms with van der Waals surface area (Å²) < 4.78 is 0. The highest BCUT2D eigenvalue weighted by Crippen LogP contribution is 2.23. The topological polar surface area (TPSA) is 115 Å². The number of alkyl halides is 1. The number of carboxylic acid groups (broad SMARTS) is 2. The van der Waals surface area contributed by atoms with Gasteiger partial charge < -0.3 is 20.4 Å². The Morgan fingerprint density at radius 2 is 1.78 bits per heavy atom. The average molecular weight is 275 g/mol. The van der Waals surface area contributed by atoms with Crippen molar-refractivity contribution < 1.29 is 30.0 Å². The first kappa shape index (κ1) is 14.4. The second-order valence-corrected chi connectivity index (χ2v) is 3.89. The minimum atomic E-state index is -1.49. The first-order chi connectivity index (χ1) is 8.38. The van der Waals surface area contributed by atoms with Crippen LogP contribution in [0.5, 0.6) is 0 Å². The molecule has 0 heterocycles. The van der Waals surface area contributed by atoms with Gasteiger partial charge in [-0.05, 0) is 17.7 Å². The molecule has 1 aromatic rings. The van der Waals surface area contributed by atoms with E-state index in [0.29, 0.717) is 0 Å². The maximum atomic E-state index is 11.0. The lowest BCUT2D eigenvalue weighted by molar-refractivity contribution is 0.0312. The van der Waals surface area contributed by atoms with E-state index in [1.165, 1.54) is 0 Å². The number of aromatic carboxylic acids is 2. The third-order valence-electron chi connectivity index (χ3n) is 2.37. The third-order valence-corrected chi connectivity index (χ3v) is 2.69. The Hall–Kier alpha value is -1.63. The van der Waals surface area contributed by atoms with Crippen molar-refractivity contribution in [2.75, 3.05) is 5.88 Å². The monoisotopic (exact) mass is 274 g/mol. The van der Waals surface area contributed by atoms with Crippen molar-refractivity contribution in [1.82, 2.24) is 0 Å². The van der Waals surface area contributed by atoms with Gasteiger partial charge in [0.2, 0.25) is 0 Å². The molecular formula is C11H11ClO6. The molecule has 0 aliphatic rings. The van der Waals surface area contributed by atoms with Gasteiger partial charge in [-0.3, -0.25) is 0 Å². The first-order valence-corrected chi connectivity index (χ1v) is 5.44. The van der Waals surface area contributed by atoms with E-state index in [1.54, 1.807) is 0 Å². The molecule has 0 bridgehead atoms. The average Bonchev–Trinajstić information content (AvgIpc) is 2.35. The smallest absolute Gasteiger partial charge is 0.336 e. The molecule has 6 nitrogen and oxygen atoms in total. The van der Waals surface area contributed by atoms with Gasteiger partial charge in [0, 0.05) is 0 Å². The van der Waals surface area contributed by atoms with Gasteiger partial charge in [-0.2, -0.15) is 0 Å². The molecule has 1 rings (SSSR count). The van der Waals surface area contributed by atoms with Gasteiger partial charge in [-0.25, -0.2) is 9.59 Å². The number of hydrogen-bond acceptors (Lipinski definition) is 4. The normalized spacial score (nSPS) is 13.9. The summed E-state index contributed by atoms with van der Waals surface area (Å²) in [7, 11) is 0. The van der Waals surface area contributed by atoms with Crippen molar-refractivity contribution in [2.24, 2.45) is 0 Å². The van der Waals surface area contributed by atoms with Crippen LogP contribution in [0.25, 0.3) is 0 Å². The fraction of sp³-hybridized carbons (Fsp3) is 0.273. The van der Waals surface area contributed by atoms with E-state index in [9.17, 15) is 19.8 Å². The molecule has 7 heteroatoms. The summed E-state index contributed by atoms with van der Waals surface area (Å²) in [6.45, 7) is 0. The second kappa shape index (κ2) is 5.81. The quantitative estimate of drug-likeness (QED) is 0.588. The van der Waals surface area contributed by atoms with Crippen LogP contribution < -0.4 is 0 Å². The summed E-state index contributed by atoms with van der Waals surface area (Å²) in [6, 6.07) is 3.21. The summed E-state index contributed by atoms with van der Waals surface area (Å²) in [5, 5.41) is 36.8. The molecule has 0 saturated carbocycles. The Labute approximate surface area is 107 Å². The molecule has 18 heavy (non-hydrogen) atoms. The number of halogens is 1. The highest BCUT2D eigenvalue weighted by Gasteiger charge is 2.24. The number of carboxylic acids is 2. The van der Waals surface area contributed by atoms with Gasteiger partial charge in [0.25, 0.3) is 0 Å². The number of benzene rings is 1. The Bertz CT molecular complexity index is 473. The van der Waals surface area contributed by atoms with E-state index in [-0.39, 0.29) is 22.6 Å². The second-order valence-electron chi connectivity index (χ2n) is 3.58. The number of aliphatic hydroxyl groups excluding tert-OH is 2. The summed E-state index contributed by atoms with van der Waals surface area (Å²) >= 11 is 5.36. The predicted molar refractivity (Wildman–Crippen MR) is 62.0 cm³/mol. The van der Waals surface area contributed by atoms with Crippen LogP contribution in [-0.2, 0) is 0 Å². The number of rotatable bonds is 5. The van der Waals surface area contributed by atoms with Crippen molar-refractivity contribution in [3.05, 3.63) is 34.9 Å². The van der Waals surface area contributed by atoms with E-state index < -0.39 is 24.1 Å². The molecule has 98 valence electrons. The van der Waals surface area contributed by atoms with E-state index in [1.807, 2.05) is 0 Å². The fourth-order valence-corrected chi connectivity index (χ4v) is 1.59. The van der Waals surface area contributed by atoms with Gasteiger partial charge in [-0.1, -0.05) is 6.07 Å². The number of aliphatic hydroxyl groups is 2. The van der Waals surface area contributed by atoms with Gasteiger partial charge in [0.15, 0.2) is 0 Å². The van der Waals surface area contributed by atoms with Crippen LogP contribution in [0.15, 0.2) is 18.2 Å². The molecular weight excluding hydrogens is 264 g/mol. The molecule has 2 atom stereocenters. The van der Waals surface area contributed by atoms with E-state index in [2.05, 4.69) is 0 Å². The molecule has 0 spiro atoms. The van der Waals surface area contributed by atoms with Crippen molar-refractivity contribution in [3.63, 3.8) is 0 Å². The largest absolute Gasteiger partial charge is 0.478 e. The highest BCUT2D eigenvalue weighted by atomic mass is 35.5. The van der Waals surface area contributed by atoms with Crippen LogP contribution in [-0.4, -0.2) is 44.3 Å². The zero-order valence-electron chi connectivity index (χ0n) is 9.08. The Kier molecular flexibility index (Phi) is 4.66. The lowest BCUT2D eigenvalue weighted by Gasteiger charge is -2.18. The highest BCUT2D eigenvalue weighted by molar-refractivity contribution is 6.18. The maximum Gasteiger partial charge on any atom is 0.336 e. The summed E-state index contributed by atoms with van der Waals surface area (Å²) in [5.41, 5.74) is -0.684. The minimum Gasteiger partial charge on any atom is -0.478 e. The lowest BCUT2D eigenvalue weighted by Crippen LogP contribution is -2.22. The molecule has 4 N–H and O–H groups in total. The Balaban J connectivity index is 3.27. The third kappa shape index (κ3) is 2.98. The fourth-order valence-electron chi connectivity index (χ4n) is 1.42. The molecule has 0 radical (unpaired) electrons. The zero-order chi connectivity index (χ0) is 13.9. The van der Waals surface area contributed by atoms with E-state index in [0.717, 1.165) is 18.2 Å². The van der Waals surface area contributed by atoms with Crippen LogP contribution in [0.4, 0.5) is 0 Å². The van der Waals surface area contributed by atoms with Crippen LogP contribution in [0, 0.1) is 0 Å². The van der Waals surface area contributed by atoms with Crippen molar-refractivity contribution >= 4 is 23.5 Å². The van der Waals surface area contributed by atoms with Gasteiger partial charge in [-0.15, -0.1) is 11.6 Å². The summed E-state index contributed by atoms with van der Waals surface area (Å²) in [4.78, 5) is 21.7. The van der Waals surface area contributed by atoms with E-state index >= 15 is 0 Å². The minimum absolute atomic E-state index is 0.0827. The van der Waals surface area contributed by atoms with Gasteiger partial charge in [0.05, 0.1) is 23.1 Å². The number of hydrogen-bond donors (Lipinski definition) is 4. The number of carbonyl (C=O) groups is 2. The Morgan fingerprint density at radius 1 is 1.17 bits per heavy atom. The predicted octanol–water partition coefficient (Wildman–Crippen LogP) is 0.716. The molecule has 0 aromatic heterocycles.